The van der Waals surface area contributed by atoms with Gasteiger partial charge in [0, 0.05) is 110 Å². The molecule has 0 nitrogen and oxygen atoms in total. The molecule has 0 aliphatic rings. The molecule has 0 bridgehead atoms. The van der Waals surface area contributed by atoms with Crippen molar-refractivity contribution in [2.45, 2.75) is 0 Å². The van der Waals surface area contributed by atoms with Gasteiger partial charge in [0.05, 0.1) is 0 Å². The normalized spacial score (nSPS) is 0. The first-order valence-corrected chi connectivity index (χ1v) is 0. The molecule has 0 saturated carbocycles. The van der Waals surface area contributed by atoms with Crippen LogP contribution in [0.25, 0.3) is 0 Å². The summed E-state index contributed by atoms with van der Waals surface area (Å²) in [6, 6.07) is 0. The van der Waals surface area contributed by atoms with Gasteiger partial charge >= 0.3 is 0 Å². The molecule has 0 rings (SSSR count). The Balaban J connectivity index is 0. The van der Waals surface area contributed by atoms with Crippen LogP contribution < -0.4 is 0 Å². The summed E-state index contributed by atoms with van der Waals surface area (Å²) in [5.74, 6) is 0. The maximum atomic E-state index is 0. The fourth-order valence-corrected chi connectivity index (χ4v) is 0. The largest absolute Gasteiger partial charge is 0 e. The standard InChI is InChI=1S/2B.2Fe.Ni.2W. The number of hydrogen-bond acceptors (Lipinski definition) is 0. The first-order chi connectivity index (χ1) is 0. The van der Waals surface area contributed by atoms with E-state index in [0.717, 1.165) is 0 Å². The molecule has 6 radical (unpaired) electrons. The van der Waals surface area contributed by atoms with Gasteiger partial charge in [-0.2, -0.15) is 0 Å². The van der Waals surface area contributed by atoms with E-state index in [0.29, 0.717) is 0 Å². The van der Waals surface area contributed by atoms with Crippen molar-refractivity contribution >= 4 is 16.8 Å². The Kier molecular flexibility index (Phi) is 803. The average Bonchev–Trinajstić information content (AvgIpc) is 0. The van der Waals surface area contributed by atoms with Crippen LogP contribution in [-0.4, -0.2) is 16.8 Å². The molecule has 0 aromatic heterocycles. The van der Waals surface area contributed by atoms with Crippen LogP contribution in [0.2, 0.25) is 0 Å². The van der Waals surface area contributed by atoms with Crippen LogP contribution >= 0.6 is 0 Å². The van der Waals surface area contributed by atoms with Gasteiger partial charge in [-0.1, -0.05) is 0 Å². The van der Waals surface area contributed by atoms with E-state index in [2.05, 4.69) is 0 Å². The van der Waals surface area contributed by atoms with E-state index in [1.54, 1.807) is 0 Å². The van der Waals surface area contributed by atoms with Crippen molar-refractivity contribution in [2.75, 3.05) is 0 Å². The second-order valence-electron chi connectivity index (χ2n) is 0. The first kappa shape index (κ1) is 88.8. The summed E-state index contributed by atoms with van der Waals surface area (Å²) >= 11 is 0. The minimum Gasteiger partial charge on any atom is 0 e. The van der Waals surface area contributed by atoms with Crippen molar-refractivity contribution in [3.8, 4) is 0 Å². The van der Waals surface area contributed by atoms with Gasteiger partial charge in [-0.15, -0.1) is 0 Å². The third-order valence-electron chi connectivity index (χ3n) is 0. The van der Waals surface area contributed by atoms with E-state index in [1.165, 1.54) is 0 Å². The van der Waals surface area contributed by atoms with Crippen molar-refractivity contribution in [3.63, 3.8) is 0 Å². The maximum Gasteiger partial charge on any atom is 0 e. The van der Waals surface area contributed by atoms with E-state index in [1.807, 2.05) is 0 Å². The molecule has 44 valence electrons. The van der Waals surface area contributed by atoms with E-state index in [4.69, 9.17) is 0 Å². The molecule has 0 atom stereocenters. The topological polar surface area (TPSA) is 0 Å². The third kappa shape index (κ3) is 48.5. The molecular formula is B2Fe2NiW2. The minimum atomic E-state index is 0. The Morgan fingerprint density at radius 3 is 0.571 bits per heavy atom. The fourth-order valence-electron chi connectivity index (χ4n) is 0. The summed E-state index contributed by atoms with van der Waals surface area (Å²) < 4.78 is 0. The van der Waals surface area contributed by atoms with Gasteiger partial charge in [0.1, 0.15) is 0 Å². The molecule has 0 fully saturated rings. The Hall–Kier alpha value is 3.04. The van der Waals surface area contributed by atoms with E-state index >= 15 is 0 Å². The van der Waals surface area contributed by atoms with Gasteiger partial charge in [0.15, 0.2) is 0 Å². The van der Waals surface area contributed by atoms with E-state index < -0.39 is 0 Å². The second-order valence-corrected chi connectivity index (χ2v) is 0. The van der Waals surface area contributed by atoms with Gasteiger partial charge in [-0.25, -0.2) is 0 Å². The van der Waals surface area contributed by atoms with Crippen molar-refractivity contribution in [1.82, 2.24) is 0 Å². The van der Waals surface area contributed by atoms with E-state index in [9.17, 15) is 0 Å². The van der Waals surface area contributed by atoms with Crippen LogP contribution in [0.15, 0.2) is 0 Å². The van der Waals surface area contributed by atoms with Gasteiger partial charge in [-0.3, -0.25) is 0 Å². The molecule has 0 aliphatic heterocycles. The summed E-state index contributed by atoms with van der Waals surface area (Å²) in [6.07, 6.45) is 0. The van der Waals surface area contributed by atoms with E-state index in [-0.39, 0.29) is 110 Å². The van der Waals surface area contributed by atoms with Crippen LogP contribution in [0.1, 0.15) is 0 Å². The van der Waals surface area contributed by atoms with Crippen molar-refractivity contribution in [2.24, 2.45) is 0 Å². The molecule has 0 aromatic rings. The zero-order valence-corrected chi connectivity index (χ0v) is 12.1. The molecular weight excluding hydrogens is 560 g/mol. The number of rotatable bonds is 0. The molecule has 0 saturated heterocycles. The smallest absolute Gasteiger partial charge is 0 e. The fraction of sp³-hybridized carbons (Fsp3) is 0. The molecule has 7 heteroatoms. The minimum absolute atomic E-state index is 0. The van der Waals surface area contributed by atoms with Crippen molar-refractivity contribution < 1.29 is 92.8 Å². The summed E-state index contributed by atoms with van der Waals surface area (Å²) in [7, 11) is 0. The second kappa shape index (κ2) is 63.3. The molecule has 0 aromatic carbocycles. The Labute approximate surface area is 108 Å². The molecule has 0 spiro atoms. The Bertz CT molecular complexity index is 13.7. The van der Waals surface area contributed by atoms with Crippen molar-refractivity contribution in [3.05, 3.63) is 0 Å². The van der Waals surface area contributed by atoms with Gasteiger partial charge < -0.3 is 0 Å². The van der Waals surface area contributed by atoms with Crippen LogP contribution in [-0.2, 0) is 92.8 Å². The molecule has 7 heavy (non-hydrogen) atoms. The molecule has 0 N–H and O–H groups in total. The van der Waals surface area contributed by atoms with Crippen molar-refractivity contribution in [1.29, 1.82) is 0 Å². The molecule has 0 amide bonds. The quantitative estimate of drug-likeness (QED) is 0.342. The summed E-state index contributed by atoms with van der Waals surface area (Å²) in [5, 5.41) is 0. The Morgan fingerprint density at radius 2 is 0.571 bits per heavy atom. The van der Waals surface area contributed by atoms with Crippen LogP contribution in [0.5, 0.6) is 0 Å². The zero-order valence-electron chi connectivity index (χ0n) is 2.99. The van der Waals surface area contributed by atoms with Gasteiger partial charge in [0.25, 0.3) is 0 Å². The molecule has 0 heterocycles. The Morgan fingerprint density at radius 1 is 0.571 bits per heavy atom. The number of hydrogen-bond donors (Lipinski definition) is 0. The predicted molar refractivity (Wildman–Crippen MR) is 11.5 cm³/mol. The van der Waals surface area contributed by atoms with Gasteiger partial charge in [0.2, 0.25) is 0 Å². The molecule has 0 unspecified atom stereocenters. The maximum absolute atomic E-state index is 0. The van der Waals surface area contributed by atoms with Crippen LogP contribution in [0, 0.1) is 0 Å². The molecule has 0 aliphatic carbocycles. The monoisotopic (exact) mass is 560 g/mol. The van der Waals surface area contributed by atoms with Crippen LogP contribution in [0.3, 0.4) is 0 Å². The SMILES string of the molecule is [B].[B].[Fe].[Fe].[Ni].[W].[W]. The average molecular weight is 560 g/mol. The van der Waals surface area contributed by atoms with Crippen LogP contribution in [0.4, 0.5) is 0 Å². The third-order valence-corrected chi connectivity index (χ3v) is 0. The summed E-state index contributed by atoms with van der Waals surface area (Å²) in [4.78, 5) is 0. The first-order valence-electron chi connectivity index (χ1n) is 0. The summed E-state index contributed by atoms with van der Waals surface area (Å²) in [5.41, 5.74) is 0. The predicted octanol–water partition coefficient (Wildman–Crippen LogP) is -0.774. The summed E-state index contributed by atoms with van der Waals surface area (Å²) in [6.45, 7) is 0. The zero-order chi connectivity index (χ0) is 0. The van der Waals surface area contributed by atoms with Gasteiger partial charge in [-0.05, 0) is 0 Å².